The lowest BCUT2D eigenvalue weighted by molar-refractivity contribution is -0.198. The van der Waals surface area contributed by atoms with Crippen LogP contribution in [0.2, 0.25) is 0 Å². The van der Waals surface area contributed by atoms with E-state index >= 15 is 0 Å². The van der Waals surface area contributed by atoms with Crippen LogP contribution in [0.25, 0.3) is 0 Å². The molecule has 22 heavy (non-hydrogen) atoms. The lowest BCUT2D eigenvalue weighted by Crippen LogP contribution is -2.33. The van der Waals surface area contributed by atoms with Gasteiger partial charge < -0.3 is 4.84 Å². The van der Waals surface area contributed by atoms with Crippen LogP contribution in [0.5, 0.6) is 0 Å². The Bertz CT molecular complexity index is 575. The summed E-state index contributed by atoms with van der Waals surface area (Å²) in [5, 5.41) is 8.58. The molecule has 0 bridgehead atoms. The van der Waals surface area contributed by atoms with Crippen LogP contribution in [0.15, 0.2) is 6.20 Å². The minimum atomic E-state index is -0.705. The van der Waals surface area contributed by atoms with Gasteiger partial charge >= 0.3 is 5.97 Å². The van der Waals surface area contributed by atoms with Gasteiger partial charge in [0.25, 0.3) is 11.8 Å². The zero-order valence-corrected chi connectivity index (χ0v) is 12.2. The Morgan fingerprint density at radius 2 is 1.86 bits per heavy atom. The highest BCUT2D eigenvalue weighted by Gasteiger charge is 2.33. The molecule has 0 atom stereocenters. The summed E-state index contributed by atoms with van der Waals surface area (Å²) in [7, 11) is 0. The first-order chi connectivity index (χ1) is 10.6. The molecule has 8 nitrogen and oxygen atoms in total. The highest BCUT2D eigenvalue weighted by Crippen LogP contribution is 2.31. The molecule has 1 aromatic heterocycles. The van der Waals surface area contributed by atoms with Gasteiger partial charge in [0.05, 0.1) is 5.69 Å². The van der Waals surface area contributed by atoms with Crippen molar-refractivity contribution in [2.45, 2.75) is 57.4 Å². The molecule has 0 spiro atoms. The number of rotatable bonds is 4. The molecule has 0 unspecified atom stereocenters. The van der Waals surface area contributed by atoms with Crippen LogP contribution in [0.1, 0.15) is 56.6 Å². The van der Waals surface area contributed by atoms with Crippen LogP contribution in [0.4, 0.5) is 0 Å². The van der Waals surface area contributed by atoms with E-state index < -0.39 is 17.8 Å². The van der Waals surface area contributed by atoms with Crippen LogP contribution in [-0.4, -0.2) is 37.8 Å². The van der Waals surface area contributed by atoms with Gasteiger partial charge in [-0.1, -0.05) is 24.5 Å². The Labute approximate surface area is 127 Å². The molecule has 1 saturated heterocycles. The third-order valence-electron chi connectivity index (χ3n) is 4.07. The Balaban J connectivity index is 1.56. The third-order valence-corrected chi connectivity index (χ3v) is 4.07. The van der Waals surface area contributed by atoms with Crippen molar-refractivity contribution >= 4 is 17.8 Å². The highest BCUT2D eigenvalue weighted by atomic mass is 16.7. The molecule has 0 N–H and O–H groups in total. The van der Waals surface area contributed by atoms with Gasteiger partial charge in [0.1, 0.15) is 6.54 Å². The van der Waals surface area contributed by atoms with Crippen LogP contribution < -0.4 is 0 Å². The maximum atomic E-state index is 11.8. The summed E-state index contributed by atoms with van der Waals surface area (Å²) in [6.07, 6.45) is 7.75. The number of hydrogen-bond acceptors (Lipinski definition) is 6. The first-order valence-corrected chi connectivity index (χ1v) is 7.60. The summed E-state index contributed by atoms with van der Waals surface area (Å²) >= 11 is 0. The quantitative estimate of drug-likeness (QED) is 0.768. The van der Waals surface area contributed by atoms with Gasteiger partial charge in [0.2, 0.25) is 0 Å². The number of carbonyl (C=O) groups excluding carboxylic acids is 3. The summed E-state index contributed by atoms with van der Waals surface area (Å²) in [5.74, 6) is -1.27. The number of imide groups is 1. The molecule has 1 aliphatic carbocycles. The van der Waals surface area contributed by atoms with Gasteiger partial charge in [-0.2, -0.15) is 0 Å². The fraction of sp³-hybridized carbons (Fsp3) is 0.643. The SMILES string of the molecule is O=C(Cn1cc(C2CCCCC2)nn1)ON1C(=O)CCC1=O. The number of hydrogen-bond donors (Lipinski definition) is 0. The average molecular weight is 306 g/mol. The summed E-state index contributed by atoms with van der Waals surface area (Å²) in [6, 6.07) is 0. The number of nitrogens with zero attached hydrogens (tertiary/aromatic N) is 4. The molecule has 2 aliphatic rings. The maximum Gasteiger partial charge on any atom is 0.354 e. The Hall–Kier alpha value is -2.25. The molecule has 3 rings (SSSR count). The van der Waals surface area contributed by atoms with Crippen LogP contribution in [0, 0.1) is 0 Å². The van der Waals surface area contributed by atoms with Crippen molar-refractivity contribution in [2.75, 3.05) is 0 Å². The van der Waals surface area contributed by atoms with E-state index in [0.717, 1.165) is 18.5 Å². The van der Waals surface area contributed by atoms with Crippen LogP contribution >= 0.6 is 0 Å². The van der Waals surface area contributed by atoms with E-state index in [0.29, 0.717) is 11.0 Å². The molecule has 8 heteroatoms. The van der Waals surface area contributed by atoms with Crippen molar-refractivity contribution < 1.29 is 19.2 Å². The lowest BCUT2D eigenvalue weighted by atomic mass is 9.87. The molecule has 1 aliphatic heterocycles. The molecule has 118 valence electrons. The van der Waals surface area contributed by atoms with Crippen molar-refractivity contribution in [3.05, 3.63) is 11.9 Å². The summed E-state index contributed by atoms with van der Waals surface area (Å²) in [6.45, 7) is -0.170. The molecule has 0 radical (unpaired) electrons. The molecule has 2 fully saturated rings. The molecule has 1 aromatic rings. The van der Waals surface area contributed by atoms with Gasteiger partial charge in [0, 0.05) is 25.0 Å². The summed E-state index contributed by atoms with van der Waals surface area (Å²) < 4.78 is 1.39. The van der Waals surface area contributed by atoms with Gasteiger partial charge in [-0.05, 0) is 12.8 Å². The normalized spacial score (nSPS) is 19.7. The average Bonchev–Trinajstić information content (AvgIpc) is 3.10. The molecular weight excluding hydrogens is 288 g/mol. The predicted octanol–water partition coefficient (Wildman–Crippen LogP) is 0.933. The minimum absolute atomic E-state index is 0.0846. The van der Waals surface area contributed by atoms with E-state index in [1.54, 1.807) is 6.20 Å². The van der Waals surface area contributed by atoms with Crippen molar-refractivity contribution in [3.8, 4) is 0 Å². The number of carbonyl (C=O) groups is 3. The van der Waals surface area contributed by atoms with E-state index in [-0.39, 0.29) is 19.4 Å². The fourth-order valence-corrected chi connectivity index (χ4v) is 2.90. The molecule has 2 heterocycles. The number of hydroxylamine groups is 2. The molecular formula is C14H18N4O4. The Morgan fingerprint density at radius 3 is 2.55 bits per heavy atom. The Morgan fingerprint density at radius 1 is 1.18 bits per heavy atom. The predicted molar refractivity (Wildman–Crippen MR) is 73.0 cm³/mol. The molecule has 2 amide bonds. The van der Waals surface area contributed by atoms with E-state index in [1.165, 1.54) is 23.9 Å². The van der Waals surface area contributed by atoms with E-state index in [9.17, 15) is 14.4 Å². The van der Waals surface area contributed by atoms with Crippen LogP contribution in [0.3, 0.4) is 0 Å². The zero-order valence-electron chi connectivity index (χ0n) is 12.2. The van der Waals surface area contributed by atoms with Crippen molar-refractivity contribution in [2.24, 2.45) is 0 Å². The van der Waals surface area contributed by atoms with Gasteiger partial charge in [0.15, 0.2) is 0 Å². The molecule has 1 saturated carbocycles. The topological polar surface area (TPSA) is 94.4 Å². The van der Waals surface area contributed by atoms with Gasteiger partial charge in [-0.15, -0.1) is 10.2 Å². The smallest absolute Gasteiger partial charge is 0.328 e. The fourth-order valence-electron chi connectivity index (χ4n) is 2.90. The summed E-state index contributed by atoms with van der Waals surface area (Å²) in [5.41, 5.74) is 0.890. The van der Waals surface area contributed by atoms with Gasteiger partial charge in [-0.25, -0.2) is 9.48 Å². The third kappa shape index (κ3) is 3.15. The maximum absolute atomic E-state index is 11.8. The van der Waals surface area contributed by atoms with E-state index in [2.05, 4.69) is 10.3 Å². The minimum Gasteiger partial charge on any atom is -0.328 e. The first kappa shape index (κ1) is 14.7. The monoisotopic (exact) mass is 306 g/mol. The van der Waals surface area contributed by atoms with E-state index in [1.807, 2.05) is 0 Å². The number of aromatic nitrogens is 3. The Kier molecular flexibility index (Phi) is 4.17. The second-order valence-corrected chi connectivity index (χ2v) is 5.72. The first-order valence-electron chi connectivity index (χ1n) is 7.60. The van der Waals surface area contributed by atoms with Crippen LogP contribution in [-0.2, 0) is 25.8 Å². The van der Waals surface area contributed by atoms with Crippen molar-refractivity contribution in [3.63, 3.8) is 0 Å². The second kappa shape index (κ2) is 6.25. The zero-order chi connectivity index (χ0) is 15.5. The lowest BCUT2D eigenvalue weighted by Gasteiger charge is -2.18. The largest absolute Gasteiger partial charge is 0.354 e. The molecule has 0 aromatic carbocycles. The standard InChI is InChI=1S/C14H18N4O4/c19-12-6-7-13(20)18(12)22-14(21)9-17-8-11(15-16-17)10-4-2-1-3-5-10/h8,10H,1-7,9H2. The van der Waals surface area contributed by atoms with Gasteiger partial charge in [-0.3, -0.25) is 9.59 Å². The van der Waals surface area contributed by atoms with E-state index in [4.69, 9.17) is 4.84 Å². The van der Waals surface area contributed by atoms with Crippen molar-refractivity contribution in [1.82, 2.24) is 20.1 Å². The van der Waals surface area contributed by atoms with Crippen molar-refractivity contribution in [1.29, 1.82) is 0 Å². The second-order valence-electron chi connectivity index (χ2n) is 5.72. The highest BCUT2D eigenvalue weighted by molar-refractivity contribution is 6.01. The summed E-state index contributed by atoms with van der Waals surface area (Å²) in [4.78, 5) is 39.3. The number of amides is 2.